The van der Waals surface area contributed by atoms with E-state index in [1.807, 2.05) is 6.92 Å². The van der Waals surface area contributed by atoms with Crippen LogP contribution >= 0.6 is 11.3 Å². The lowest BCUT2D eigenvalue weighted by Gasteiger charge is -2.17. The summed E-state index contributed by atoms with van der Waals surface area (Å²) < 4.78 is 13.5. The van der Waals surface area contributed by atoms with E-state index in [0.717, 1.165) is 0 Å². The van der Waals surface area contributed by atoms with E-state index in [1.54, 1.807) is 29.8 Å². The van der Waals surface area contributed by atoms with Gasteiger partial charge in [0.15, 0.2) is 5.13 Å². The summed E-state index contributed by atoms with van der Waals surface area (Å²) in [6.07, 6.45) is 2.16. The molecule has 1 amide bonds. The normalized spacial score (nSPS) is 11.9. The number of carbonyl (C=O) groups is 1. The molecule has 0 saturated heterocycles. The van der Waals surface area contributed by atoms with Gasteiger partial charge in [-0.15, -0.1) is 11.3 Å². The van der Waals surface area contributed by atoms with Gasteiger partial charge in [-0.3, -0.25) is 4.79 Å². The Hall–Kier alpha value is -1.95. The second-order valence-electron chi connectivity index (χ2n) is 3.91. The van der Waals surface area contributed by atoms with Crippen LogP contribution in [0.4, 0.5) is 15.2 Å². The first-order valence-electron chi connectivity index (χ1n) is 5.92. The molecular formula is C13H14FN3OS. The number of benzene rings is 1. The molecule has 4 nitrogen and oxygen atoms in total. The summed E-state index contributed by atoms with van der Waals surface area (Å²) in [4.78, 5) is 16.0. The molecule has 0 unspecified atom stereocenters. The lowest BCUT2D eigenvalue weighted by molar-refractivity contribution is -0.116. The molecule has 2 aromatic rings. The summed E-state index contributed by atoms with van der Waals surface area (Å²) in [7, 11) is 0. The first-order chi connectivity index (χ1) is 9.20. The molecule has 2 rings (SSSR count). The van der Waals surface area contributed by atoms with E-state index in [1.165, 1.54) is 17.4 Å². The minimum Gasteiger partial charge on any atom is -0.371 e. The number of anilines is 2. The van der Waals surface area contributed by atoms with E-state index in [9.17, 15) is 9.18 Å². The molecule has 0 fully saturated rings. The maximum Gasteiger partial charge on any atom is 0.248 e. The first-order valence-corrected chi connectivity index (χ1v) is 6.80. The number of carbonyl (C=O) groups excluding carboxylic acids is 1. The fourth-order valence-electron chi connectivity index (χ4n) is 1.60. The van der Waals surface area contributed by atoms with Crippen molar-refractivity contribution < 1.29 is 9.18 Å². The second-order valence-corrected chi connectivity index (χ2v) is 4.81. The zero-order chi connectivity index (χ0) is 13.7. The molecule has 100 valence electrons. The van der Waals surface area contributed by atoms with Gasteiger partial charge in [-0.1, -0.05) is 19.1 Å². The van der Waals surface area contributed by atoms with Crippen molar-refractivity contribution in [2.75, 3.05) is 10.6 Å². The number of thiazole rings is 1. The molecule has 0 aliphatic carbocycles. The van der Waals surface area contributed by atoms with Gasteiger partial charge < -0.3 is 10.6 Å². The number of amides is 1. The van der Waals surface area contributed by atoms with Crippen LogP contribution in [0.5, 0.6) is 0 Å². The highest BCUT2D eigenvalue weighted by Crippen LogP contribution is 2.16. The van der Waals surface area contributed by atoms with Gasteiger partial charge in [0.05, 0.1) is 5.69 Å². The van der Waals surface area contributed by atoms with E-state index >= 15 is 0 Å². The van der Waals surface area contributed by atoms with E-state index in [4.69, 9.17) is 0 Å². The summed E-state index contributed by atoms with van der Waals surface area (Å²) in [6, 6.07) is 5.79. The highest BCUT2D eigenvalue weighted by atomic mass is 32.1. The summed E-state index contributed by atoms with van der Waals surface area (Å²) in [5.74, 6) is -0.594. The average Bonchev–Trinajstić information content (AvgIpc) is 2.90. The van der Waals surface area contributed by atoms with Crippen molar-refractivity contribution >= 4 is 28.1 Å². The Morgan fingerprint density at radius 2 is 2.26 bits per heavy atom. The number of nitrogens with one attached hydrogen (secondary N) is 2. The molecule has 1 aromatic carbocycles. The predicted octanol–water partition coefficient (Wildman–Crippen LogP) is 3.11. The molecule has 1 atom stereocenters. The fraction of sp³-hybridized carbons (Fsp3) is 0.231. The van der Waals surface area contributed by atoms with Crippen molar-refractivity contribution in [1.82, 2.24) is 4.98 Å². The Kier molecular flexibility index (Phi) is 4.46. The van der Waals surface area contributed by atoms with Crippen molar-refractivity contribution in [3.05, 3.63) is 41.7 Å². The van der Waals surface area contributed by atoms with Crippen molar-refractivity contribution in [2.24, 2.45) is 0 Å². The predicted molar refractivity (Wildman–Crippen MR) is 74.8 cm³/mol. The summed E-state index contributed by atoms with van der Waals surface area (Å²) in [6.45, 7) is 1.86. The lowest BCUT2D eigenvalue weighted by atomic mass is 10.2. The minimum atomic E-state index is -0.499. The van der Waals surface area contributed by atoms with Gasteiger partial charge in [-0.05, 0) is 18.6 Å². The Morgan fingerprint density at radius 1 is 1.47 bits per heavy atom. The van der Waals surface area contributed by atoms with Crippen molar-refractivity contribution in [3.63, 3.8) is 0 Å². The molecule has 6 heteroatoms. The Morgan fingerprint density at radius 3 is 2.89 bits per heavy atom. The van der Waals surface area contributed by atoms with Gasteiger partial charge in [0.25, 0.3) is 0 Å². The standard InChI is InChI=1S/C13H14FN3OS/c1-2-10(12(18)17-13-15-7-8-19-13)16-11-6-4-3-5-9(11)14/h3-8,10,16H,2H2,1H3,(H,15,17,18)/t10-/m1/s1. The third-order valence-electron chi connectivity index (χ3n) is 2.59. The molecule has 2 N–H and O–H groups in total. The molecule has 1 aromatic heterocycles. The third-order valence-corrected chi connectivity index (χ3v) is 3.28. The van der Waals surface area contributed by atoms with Gasteiger partial charge >= 0.3 is 0 Å². The zero-order valence-corrected chi connectivity index (χ0v) is 11.2. The Labute approximate surface area is 114 Å². The van der Waals surface area contributed by atoms with Crippen LogP contribution < -0.4 is 10.6 Å². The van der Waals surface area contributed by atoms with Crippen LogP contribution in [0.25, 0.3) is 0 Å². The molecule has 0 spiro atoms. The van der Waals surface area contributed by atoms with Crippen molar-refractivity contribution in [3.8, 4) is 0 Å². The molecule has 1 heterocycles. The maximum absolute atomic E-state index is 13.5. The van der Waals surface area contributed by atoms with Crippen LogP contribution in [0.15, 0.2) is 35.8 Å². The van der Waals surface area contributed by atoms with E-state index in [2.05, 4.69) is 15.6 Å². The zero-order valence-electron chi connectivity index (χ0n) is 10.4. The number of rotatable bonds is 5. The number of hydrogen-bond donors (Lipinski definition) is 2. The van der Waals surface area contributed by atoms with Gasteiger partial charge in [0.2, 0.25) is 5.91 Å². The third kappa shape index (κ3) is 3.51. The van der Waals surface area contributed by atoms with E-state index < -0.39 is 6.04 Å². The van der Waals surface area contributed by atoms with Crippen LogP contribution in [0.3, 0.4) is 0 Å². The molecule has 0 radical (unpaired) electrons. The average molecular weight is 279 g/mol. The largest absolute Gasteiger partial charge is 0.371 e. The molecule has 0 bridgehead atoms. The van der Waals surface area contributed by atoms with E-state index in [0.29, 0.717) is 17.2 Å². The van der Waals surface area contributed by atoms with Gasteiger partial charge in [-0.25, -0.2) is 9.37 Å². The van der Waals surface area contributed by atoms with Crippen molar-refractivity contribution in [1.29, 1.82) is 0 Å². The maximum atomic E-state index is 13.5. The summed E-state index contributed by atoms with van der Waals surface area (Å²) in [5, 5.41) is 7.91. The Bertz CT molecular complexity index is 545. The lowest BCUT2D eigenvalue weighted by Crippen LogP contribution is -2.34. The molecule has 0 saturated carbocycles. The number of para-hydroxylation sites is 1. The number of halogens is 1. The molecule has 0 aliphatic heterocycles. The number of nitrogens with zero attached hydrogens (tertiary/aromatic N) is 1. The fourth-order valence-corrected chi connectivity index (χ4v) is 2.13. The number of aromatic nitrogens is 1. The molecule has 0 aliphatic rings. The molecular weight excluding hydrogens is 265 g/mol. The van der Waals surface area contributed by atoms with Gasteiger partial charge in [0.1, 0.15) is 11.9 Å². The van der Waals surface area contributed by atoms with Crippen LogP contribution in [-0.4, -0.2) is 16.9 Å². The summed E-state index contributed by atoms with van der Waals surface area (Å²) >= 11 is 1.34. The van der Waals surface area contributed by atoms with E-state index in [-0.39, 0.29) is 11.7 Å². The smallest absolute Gasteiger partial charge is 0.248 e. The minimum absolute atomic E-state index is 0.222. The van der Waals surface area contributed by atoms with Gasteiger partial charge in [0, 0.05) is 11.6 Å². The monoisotopic (exact) mass is 279 g/mol. The second kappa shape index (κ2) is 6.29. The van der Waals surface area contributed by atoms with Crippen LogP contribution in [0.1, 0.15) is 13.3 Å². The topological polar surface area (TPSA) is 54.0 Å². The van der Waals surface area contributed by atoms with Crippen LogP contribution in [0.2, 0.25) is 0 Å². The highest BCUT2D eigenvalue weighted by molar-refractivity contribution is 7.13. The highest BCUT2D eigenvalue weighted by Gasteiger charge is 2.18. The van der Waals surface area contributed by atoms with Crippen molar-refractivity contribution in [2.45, 2.75) is 19.4 Å². The van der Waals surface area contributed by atoms with Gasteiger partial charge in [-0.2, -0.15) is 0 Å². The quantitative estimate of drug-likeness (QED) is 0.884. The molecule has 19 heavy (non-hydrogen) atoms. The number of hydrogen-bond acceptors (Lipinski definition) is 4. The SMILES string of the molecule is CC[C@@H](Nc1ccccc1F)C(=O)Nc1nccs1. The Balaban J connectivity index is 2.04. The summed E-state index contributed by atoms with van der Waals surface area (Å²) in [5.41, 5.74) is 0.323. The first kappa shape index (κ1) is 13.5. The van der Waals surface area contributed by atoms with Crippen LogP contribution in [0, 0.1) is 5.82 Å². The van der Waals surface area contributed by atoms with Crippen LogP contribution in [-0.2, 0) is 4.79 Å².